The Balaban J connectivity index is 2.93. The molecule has 0 saturated carbocycles. The first-order valence-electron chi connectivity index (χ1n) is 15.0. The van der Waals surface area contributed by atoms with Gasteiger partial charge in [0.1, 0.15) is 36.6 Å². The summed E-state index contributed by atoms with van der Waals surface area (Å²) in [5, 5.41) is 0. The first-order valence-corrected chi connectivity index (χ1v) is 15.0. The van der Waals surface area contributed by atoms with Gasteiger partial charge in [-0.25, -0.2) is 14.4 Å². The summed E-state index contributed by atoms with van der Waals surface area (Å²) in [5.74, 6) is -0.925. The monoisotopic (exact) mass is 611 g/mol. The van der Waals surface area contributed by atoms with Gasteiger partial charge in [-0.1, -0.05) is 46.1 Å². The van der Waals surface area contributed by atoms with Crippen LogP contribution in [0.2, 0.25) is 0 Å². The van der Waals surface area contributed by atoms with Crippen molar-refractivity contribution in [2.75, 3.05) is 0 Å². The maximum atomic E-state index is 12.7. The highest BCUT2D eigenvalue weighted by molar-refractivity contribution is 5.76. The van der Waals surface area contributed by atoms with E-state index in [-0.39, 0.29) is 36.2 Å². The van der Waals surface area contributed by atoms with Crippen molar-refractivity contribution < 1.29 is 52.3 Å². The van der Waals surface area contributed by atoms with E-state index in [0.29, 0.717) is 24.8 Å². The van der Waals surface area contributed by atoms with Crippen LogP contribution < -0.4 is 15.2 Å². The largest absolute Gasteiger partial charge is 0.514 e. The maximum Gasteiger partial charge on any atom is 0.514 e. The van der Waals surface area contributed by atoms with Crippen LogP contribution >= 0.6 is 0 Å². The highest BCUT2D eigenvalue weighted by Crippen LogP contribution is 2.30. The first-order chi connectivity index (χ1) is 20.3. The minimum absolute atomic E-state index is 0.00668. The molecule has 0 aliphatic heterocycles. The average Bonchev–Trinajstić information content (AvgIpc) is 2.90. The molecule has 0 aliphatic rings. The number of hydrogen-bond donors (Lipinski definition) is 1. The second-order valence-electron chi connectivity index (χ2n) is 10.7. The molecule has 0 aliphatic carbocycles. The molecule has 6 atom stereocenters. The Morgan fingerprint density at radius 3 is 1.56 bits per heavy atom. The van der Waals surface area contributed by atoms with Crippen LogP contribution in [-0.2, 0) is 34.9 Å². The molecule has 3 unspecified atom stereocenters. The molecule has 0 aromatic heterocycles. The number of hydrogen-bond acceptors (Lipinski definition) is 12. The minimum Gasteiger partial charge on any atom is -0.458 e. The number of rotatable bonds is 17. The molecule has 0 amide bonds. The lowest BCUT2D eigenvalue weighted by Crippen LogP contribution is -2.39. The van der Waals surface area contributed by atoms with Gasteiger partial charge in [0.05, 0.1) is 0 Å². The van der Waals surface area contributed by atoms with Gasteiger partial charge in [-0.2, -0.15) is 0 Å². The van der Waals surface area contributed by atoms with Crippen LogP contribution in [0.25, 0.3) is 0 Å². The van der Waals surface area contributed by atoms with Crippen LogP contribution in [0.4, 0.5) is 14.4 Å². The molecule has 12 nitrogen and oxygen atoms in total. The molecule has 244 valence electrons. The van der Waals surface area contributed by atoms with E-state index >= 15 is 0 Å². The van der Waals surface area contributed by atoms with Gasteiger partial charge in [-0.3, -0.25) is 4.79 Å². The Morgan fingerprint density at radius 2 is 1.07 bits per heavy atom. The van der Waals surface area contributed by atoms with Crippen molar-refractivity contribution in [3.05, 3.63) is 23.8 Å². The van der Waals surface area contributed by atoms with Crippen LogP contribution in [0, 0.1) is 0 Å². The third-order valence-corrected chi connectivity index (χ3v) is 6.38. The second kappa shape index (κ2) is 19.6. The summed E-state index contributed by atoms with van der Waals surface area (Å²) in [6.07, 6.45) is -0.958. The fourth-order valence-electron chi connectivity index (χ4n) is 3.94. The highest BCUT2D eigenvalue weighted by Gasteiger charge is 2.26. The van der Waals surface area contributed by atoms with Crippen LogP contribution in [0.5, 0.6) is 11.5 Å². The number of benzene rings is 1. The quantitative estimate of drug-likeness (QED) is 0.114. The van der Waals surface area contributed by atoms with Crippen molar-refractivity contribution in [2.45, 2.75) is 137 Å². The summed E-state index contributed by atoms with van der Waals surface area (Å²) in [6.45, 7) is 14.3. The lowest BCUT2D eigenvalue weighted by molar-refractivity contribution is -0.155. The fourth-order valence-corrected chi connectivity index (χ4v) is 3.94. The zero-order valence-corrected chi connectivity index (χ0v) is 26.7. The molecule has 0 radical (unpaired) electrons. The Hall–Kier alpha value is -3.54. The lowest BCUT2D eigenvalue weighted by Gasteiger charge is -2.23. The van der Waals surface area contributed by atoms with E-state index in [0.717, 1.165) is 19.3 Å². The Kier molecular flexibility index (Phi) is 17.1. The van der Waals surface area contributed by atoms with Gasteiger partial charge in [0.15, 0.2) is 11.5 Å². The smallest absolute Gasteiger partial charge is 0.458 e. The van der Waals surface area contributed by atoms with Gasteiger partial charge in [0.2, 0.25) is 0 Å². The van der Waals surface area contributed by atoms with Crippen molar-refractivity contribution in [1.29, 1.82) is 0 Å². The van der Waals surface area contributed by atoms with Crippen LogP contribution in [0.15, 0.2) is 18.2 Å². The molecule has 0 heterocycles. The predicted octanol–water partition coefficient (Wildman–Crippen LogP) is 6.63. The molecule has 43 heavy (non-hydrogen) atoms. The van der Waals surface area contributed by atoms with Crippen molar-refractivity contribution in [2.24, 2.45) is 5.73 Å². The zero-order valence-electron chi connectivity index (χ0n) is 26.7. The minimum atomic E-state index is -1.11. The van der Waals surface area contributed by atoms with Gasteiger partial charge in [-0.05, 0) is 78.0 Å². The van der Waals surface area contributed by atoms with E-state index in [9.17, 15) is 19.2 Å². The average molecular weight is 612 g/mol. The molecule has 1 rings (SSSR count). The van der Waals surface area contributed by atoms with Gasteiger partial charge in [-0.15, -0.1) is 0 Å². The van der Waals surface area contributed by atoms with Gasteiger partial charge >= 0.3 is 24.4 Å². The molecule has 1 aromatic rings. The number of ether oxygens (including phenoxy) is 7. The van der Waals surface area contributed by atoms with Crippen molar-refractivity contribution >= 4 is 24.4 Å². The van der Waals surface area contributed by atoms with Gasteiger partial charge in [0, 0.05) is 0 Å². The van der Waals surface area contributed by atoms with E-state index in [1.165, 1.54) is 12.1 Å². The van der Waals surface area contributed by atoms with E-state index in [4.69, 9.17) is 38.9 Å². The summed E-state index contributed by atoms with van der Waals surface area (Å²) in [6, 6.07) is 3.27. The highest BCUT2D eigenvalue weighted by atomic mass is 16.8. The zero-order chi connectivity index (χ0) is 32.5. The molecular weight excluding hydrogens is 562 g/mol. The number of nitrogens with two attached hydrogens (primary N) is 1. The standard InChI is InChI=1S/C31H49NO11/c1-9-12-19(4)37-29(34)41-23(8)22(7)40-28(33)25(32)17-24-15-16-26(42-30(35)38-20(5)13-10-2)27(18-24)43-31(36)39-21(6)14-11-3/h15-16,18-23,25H,9-14,17,32H2,1-8H3/t19?,20?,21?,22-,23-,25-/m0/s1. The van der Waals surface area contributed by atoms with Crippen molar-refractivity contribution in [3.8, 4) is 11.5 Å². The lowest BCUT2D eigenvalue weighted by atomic mass is 10.1. The predicted molar refractivity (Wildman–Crippen MR) is 158 cm³/mol. The maximum absolute atomic E-state index is 12.7. The SMILES string of the molecule is CCCC(C)OC(=O)Oc1ccc(C[C@H](N)C(=O)O[C@@H](C)[C@H](C)OC(=O)OC(C)CCC)cc1OC(=O)OC(C)CCC. The van der Waals surface area contributed by atoms with E-state index in [2.05, 4.69) is 0 Å². The van der Waals surface area contributed by atoms with E-state index in [1.807, 2.05) is 20.8 Å². The fraction of sp³-hybridized carbons (Fsp3) is 0.677. The van der Waals surface area contributed by atoms with Crippen molar-refractivity contribution in [3.63, 3.8) is 0 Å². The molecule has 0 bridgehead atoms. The third kappa shape index (κ3) is 15.0. The number of esters is 1. The first kappa shape index (κ1) is 37.5. The van der Waals surface area contributed by atoms with Gasteiger partial charge < -0.3 is 38.9 Å². The summed E-state index contributed by atoms with van der Waals surface area (Å²) >= 11 is 0. The molecule has 12 heteroatoms. The molecule has 2 N–H and O–H groups in total. The van der Waals surface area contributed by atoms with Crippen LogP contribution in [0.1, 0.15) is 99.5 Å². The summed E-state index contributed by atoms with van der Waals surface area (Å²) in [4.78, 5) is 49.5. The van der Waals surface area contributed by atoms with Gasteiger partial charge in [0.25, 0.3) is 0 Å². The number of carbonyl (C=O) groups is 4. The normalized spacial score (nSPS) is 15.1. The summed E-state index contributed by atoms with van der Waals surface area (Å²) in [7, 11) is 0. The molecule has 0 fully saturated rings. The molecular formula is C31H49NO11. The molecule has 0 spiro atoms. The molecule has 1 aromatic carbocycles. The molecule has 0 saturated heterocycles. The van der Waals surface area contributed by atoms with Crippen LogP contribution in [-0.4, -0.2) is 61.0 Å². The third-order valence-electron chi connectivity index (χ3n) is 6.38. The summed E-state index contributed by atoms with van der Waals surface area (Å²) < 4.78 is 36.9. The van der Waals surface area contributed by atoms with Crippen molar-refractivity contribution in [1.82, 2.24) is 0 Å². The Labute approximate surface area is 254 Å². The van der Waals surface area contributed by atoms with E-state index < -0.39 is 42.7 Å². The number of carbonyl (C=O) groups excluding carboxylic acids is 4. The van der Waals surface area contributed by atoms with E-state index in [1.54, 1.807) is 40.7 Å². The van der Waals surface area contributed by atoms with Crippen LogP contribution in [0.3, 0.4) is 0 Å². The second-order valence-corrected chi connectivity index (χ2v) is 10.7. The summed E-state index contributed by atoms with van der Waals surface area (Å²) in [5.41, 5.74) is 6.59. The topological polar surface area (TPSA) is 159 Å². The Morgan fingerprint density at radius 1 is 0.628 bits per heavy atom. The Bertz CT molecular complexity index is 1030.